The molecule has 0 aromatic heterocycles. The van der Waals surface area contributed by atoms with Crippen molar-refractivity contribution >= 4 is 68.9 Å². The van der Waals surface area contributed by atoms with Gasteiger partial charge in [-0.05, 0) is 0 Å². The molecule has 0 radical (unpaired) electrons. The van der Waals surface area contributed by atoms with Crippen molar-refractivity contribution in [3.05, 3.63) is 0 Å². The van der Waals surface area contributed by atoms with Gasteiger partial charge in [-0.1, -0.05) is 0 Å². The second kappa shape index (κ2) is 2.35. The predicted molar refractivity (Wildman–Crippen MR) is 42.4 cm³/mol. The Balaban J connectivity index is 0. The molecule has 0 aliphatic carbocycles. The van der Waals surface area contributed by atoms with E-state index in [1.807, 2.05) is 0 Å². The molecule has 0 fully saturated rings. The maximum atomic E-state index is 5.05. The fourth-order valence-electron chi connectivity index (χ4n) is 0. The fraction of sp³-hybridized carbons (Fsp3) is 0. The first-order valence-corrected chi connectivity index (χ1v) is 17.6. The summed E-state index contributed by atoms with van der Waals surface area (Å²) in [4.78, 5) is 0. The van der Waals surface area contributed by atoms with Crippen LogP contribution in [-0.2, 0) is 7.31 Å². The summed E-state index contributed by atoms with van der Waals surface area (Å²) in [7, 11) is 25.0. The molecular weight excluding hydrogens is 443 g/mol. The third-order valence-corrected chi connectivity index (χ3v) is 0. The second-order valence-corrected chi connectivity index (χ2v) is 49.9. The van der Waals surface area contributed by atoms with E-state index in [4.69, 9.17) is 56.5 Å². The number of halogens is 7. The van der Waals surface area contributed by atoms with Gasteiger partial charge in [-0.15, -0.1) is 12.4 Å². The summed E-state index contributed by atoms with van der Waals surface area (Å²) >= 11 is 0. The molecule has 0 aromatic rings. The van der Waals surface area contributed by atoms with Crippen LogP contribution >= 0.6 is 68.9 Å². The van der Waals surface area contributed by atoms with Crippen LogP contribution in [0.4, 0.5) is 0 Å². The van der Waals surface area contributed by atoms with Gasteiger partial charge in [-0.3, -0.25) is 0 Å². The molecule has 0 aromatic carbocycles. The molecule has 0 N–H and O–H groups in total. The molecule has 0 rings (SSSR count). The van der Waals surface area contributed by atoms with E-state index in [1.54, 1.807) is 0 Å². The molecule has 0 aliphatic rings. The maximum absolute atomic E-state index is 5.29. The Morgan fingerprint density at radius 1 is 0.625 bits per heavy atom. The van der Waals surface area contributed by atoms with Gasteiger partial charge in [0.1, 0.15) is 0 Å². The van der Waals surface area contributed by atoms with Crippen LogP contribution in [0.1, 0.15) is 0 Å². The van der Waals surface area contributed by atoms with Gasteiger partial charge in [0.2, 0.25) is 0 Å². The molecule has 0 atom stereocenters. The van der Waals surface area contributed by atoms with E-state index >= 15 is 0 Å². The van der Waals surface area contributed by atoms with Gasteiger partial charge in [-0.25, -0.2) is 0 Å². The molecule has 0 saturated carbocycles. The molecule has 0 saturated heterocycles. The van der Waals surface area contributed by atoms with Crippen LogP contribution in [0, 0.1) is 0 Å². The minimum atomic E-state index is -5.29. The molecule has 0 amide bonds. The number of hydrogen-bond acceptors (Lipinski definition) is 0. The number of hydrogen-bond donors (Lipinski definition) is 0. The first-order valence-electron chi connectivity index (χ1n) is 0.717. The van der Waals surface area contributed by atoms with E-state index in [2.05, 4.69) is 0 Å². The van der Waals surface area contributed by atoms with E-state index in [-0.39, 0.29) is 12.4 Å². The first-order chi connectivity index (χ1) is 2.45. The Bertz CT molecular complexity index is 63.0. The van der Waals surface area contributed by atoms with Gasteiger partial charge in [0.05, 0.1) is 0 Å². The monoisotopic (exact) mass is 441 g/mol. The summed E-state index contributed by atoms with van der Waals surface area (Å²) in [5.41, 5.74) is 0. The fourth-order valence-corrected chi connectivity index (χ4v) is 0. The summed E-state index contributed by atoms with van der Waals surface area (Å²) in [5.74, 6) is 0. The van der Waals surface area contributed by atoms with Gasteiger partial charge in [0.15, 0.2) is 0 Å². The third-order valence-electron chi connectivity index (χ3n) is 0. The molecule has 0 aliphatic heterocycles. The molecule has 0 spiro atoms. The Morgan fingerprint density at radius 2 is 0.625 bits per heavy atom. The van der Waals surface area contributed by atoms with Crippen LogP contribution in [0.3, 0.4) is 0 Å². The van der Waals surface area contributed by atoms with Crippen LogP contribution < -0.4 is 0 Å². The summed E-state index contributed by atoms with van der Waals surface area (Å²) in [5, 5.41) is 0. The van der Waals surface area contributed by atoms with E-state index in [1.165, 1.54) is 0 Å². The van der Waals surface area contributed by atoms with Crippen molar-refractivity contribution in [2.75, 3.05) is 0 Å². The van der Waals surface area contributed by atoms with Gasteiger partial charge in [-0.2, -0.15) is 0 Å². The van der Waals surface area contributed by atoms with Crippen LogP contribution in [0.15, 0.2) is 0 Å². The van der Waals surface area contributed by atoms with Gasteiger partial charge < -0.3 is 0 Å². The SMILES string of the molecule is Cl.[Cl][Pt]([Cl])([Cl])([Cl])([Cl])[Cl]. The molecule has 8 heavy (non-hydrogen) atoms. The van der Waals surface area contributed by atoms with Crippen molar-refractivity contribution in [2.45, 2.75) is 0 Å². The van der Waals surface area contributed by atoms with Crippen molar-refractivity contribution in [3.63, 3.8) is 0 Å². The summed E-state index contributed by atoms with van der Waals surface area (Å²) in [6, 6.07) is 0. The van der Waals surface area contributed by atoms with E-state index in [0.29, 0.717) is 0 Å². The van der Waals surface area contributed by atoms with Crippen molar-refractivity contribution in [2.24, 2.45) is 0 Å². The Kier molecular flexibility index (Phi) is 3.92. The molecule has 0 unspecified atom stereocenters. The molecule has 0 heterocycles. The van der Waals surface area contributed by atoms with Crippen LogP contribution in [0.2, 0.25) is 0 Å². The minimum absolute atomic E-state index is 0. The van der Waals surface area contributed by atoms with Crippen molar-refractivity contribution in [1.29, 1.82) is 0 Å². The predicted octanol–water partition coefficient (Wildman–Crippen LogP) is 4.56. The Hall–Kier alpha value is 2.72. The molecule has 60 valence electrons. The summed E-state index contributed by atoms with van der Waals surface area (Å²) in [6.45, 7) is 0. The first kappa shape index (κ1) is 13.3. The Morgan fingerprint density at radius 3 is 0.625 bits per heavy atom. The van der Waals surface area contributed by atoms with Crippen LogP contribution in [0.25, 0.3) is 0 Å². The van der Waals surface area contributed by atoms with E-state index in [9.17, 15) is 0 Å². The molecule has 0 nitrogen and oxygen atoms in total. The zero-order valence-corrected chi connectivity index (χ0v) is 10.6. The topological polar surface area (TPSA) is 0 Å². The average Bonchev–Trinajstić information content (AvgIpc) is 0.592. The summed E-state index contributed by atoms with van der Waals surface area (Å²) in [6.07, 6.45) is 0. The third kappa shape index (κ3) is 70.3. The zero-order chi connectivity index (χ0) is 6.41. The zero-order valence-electron chi connectivity index (χ0n) is 2.99. The van der Waals surface area contributed by atoms with Gasteiger partial charge in [0, 0.05) is 0 Å². The van der Waals surface area contributed by atoms with Crippen LogP contribution in [0.5, 0.6) is 0 Å². The van der Waals surface area contributed by atoms with Gasteiger partial charge in [0.25, 0.3) is 0 Å². The molecule has 0 bridgehead atoms. The van der Waals surface area contributed by atoms with Crippen LogP contribution in [-0.4, -0.2) is 0 Å². The standard InChI is InChI=1S/7ClH.Pt/h7*1H;/q;;;;;;;+6/p-6. The second-order valence-electron chi connectivity index (χ2n) is 0.678. The quantitative estimate of drug-likeness (QED) is 0.514. The normalized spacial score (nSPS) is 20.2. The molecular formula is HCl7Pt. The van der Waals surface area contributed by atoms with Gasteiger partial charge >= 0.3 is 63.8 Å². The van der Waals surface area contributed by atoms with E-state index < -0.39 is 7.31 Å². The average molecular weight is 444 g/mol. The number of rotatable bonds is 0. The molecule has 8 heteroatoms. The Labute approximate surface area is 75.1 Å². The van der Waals surface area contributed by atoms with Crippen molar-refractivity contribution in [3.8, 4) is 0 Å². The van der Waals surface area contributed by atoms with Crippen molar-refractivity contribution < 1.29 is 7.31 Å². The summed E-state index contributed by atoms with van der Waals surface area (Å²) < 4.78 is 0. The van der Waals surface area contributed by atoms with Crippen molar-refractivity contribution in [1.82, 2.24) is 0 Å². The van der Waals surface area contributed by atoms with E-state index in [0.717, 1.165) is 0 Å².